The molecule has 6 nitrogen and oxygen atoms in total. The number of nitrogens with zero attached hydrogens (tertiary/aromatic N) is 3. The van der Waals surface area contributed by atoms with Crippen molar-refractivity contribution in [2.45, 2.75) is 76.7 Å². The zero-order valence-electron chi connectivity index (χ0n) is 18.5. The van der Waals surface area contributed by atoms with Crippen LogP contribution in [-0.2, 0) is 4.79 Å². The number of rotatable bonds is 10. The summed E-state index contributed by atoms with van der Waals surface area (Å²) in [5.74, 6) is 1.55. The molecule has 1 aliphatic heterocycles. The molecule has 6 heteroatoms. The van der Waals surface area contributed by atoms with Gasteiger partial charge in [-0.3, -0.25) is 9.79 Å². The summed E-state index contributed by atoms with van der Waals surface area (Å²) in [6.07, 6.45) is 13.3. The summed E-state index contributed by atoms with van der Waals surface area (Å²) < 4.78 is 0. The molecule has 1 unspecified atom stereocenters. The largest absolute Gasteiger partial charge is 0.356 e. The molecular weight excluding hydrogens is 350 g/mol. The molecule has 1 atom stereocenters. The fourth-order valence-electron chi connectivity index (χ4n) is 4.36. The Morgan fingerprint density at radius 3 is 2.46 bits per heavy atom. The summed E-state index contributed by atoms with van der Waals surface area (Å²) in [6, 6.07) is 0.324. The summed E-state index contributed by atoms with van der Waals surface area (Å²) in [6.45, 7) is 3.86. The average Bonchev–Trinajstić information content (AvgIpc) is 3.17. The van der Waals surface area contributed by atoms with Crippen LogP contribution in [0.15, 0.2) is 4.99 Å². The van der Waals surface area contributed by atoms with Gasteiger partial charge in [-0.25, -0.2) is 0 Å². The van der Waals surface area contributed by atoms with E-state index >= 15 is 0 Å². The Hall–Kier alpha value is -1.30. The van der Waals surface area contributed by atoms with Crippen molar-refractivity contribution in [3.63, 3.8) is 0 Å². The standard InChI is InChI=1S/C22H43N5O/c1-23-22(24-15-10-5-4-6-11-16-26(2)3)25-20-14-17-27(18-20)21(28)19-12-8-7-9-13-19/h19-20H,4-18H2,1-3H3,(H2,23,24,25). The molecule has 2 rings (SSSR count). The lowest BCUT2D eigenvalue weighted by Gasteiger charge is -2.26. The van der Waals surface area contributed by atoms with Crippen LogP contribution in [0.2, 0.25) is 0 Å². The highest BCUT2D eigenvalue weighted by atomic mass is 16.2. The van der Waals surface area contributed by atoms with Crippen LogP contribution in [-0.4, -0.2) is 75.0 Å². The molecule has 1 heterocycles. The number of hydrogen-bond acceptors (Lipinski definition) is 3. The predicted molar refractivity (Wildman–Crippen MR) is 118 cm³/mol. The van der Waals surface area contributed by atoms with Crippen molar-refractivity contribution in [1.29, 1.82) is 0 Å². The van der Waals surface area contributed by atoms with Crippen LogP contribution in [0.25, 0.3) is 0 Å². The van der Waals surface area contributed by atoms with Crippen LogP contribution in [0, 0.1) is 5.92 Å². The van der Waals surface area contributed by atoms with Crippen LogP contribution < -0.4 is 10.6 Å². The maximum absolute atomic E-state index is 12.7. The first-order valence-corrected chi connectivity index (χ1v) is 11.5. The molecule has 0 spiro atoms. The van der Waals surface area contributed by atoms with Gasteiger partial charge in [0.2, 0.25) is 5.91 Å². The van der Waals surface area contributed by atoms with Crippen molar-refractivity contribution >= 4 is 11.9 Å². The smallest absolute Gasteiger partial charge is 0.225 e. The van der Waals surface area contributed by atoms with Crippen LogP contribution in [0.1, 0.15) is 70.6 Å². The van der Waals surface area contributed by atoms with E-state index in [0.717, 1.165) is 44.9 Å². The van der Waals surface area contributed by atoms with Gasteiger partial charge in [-0.15, -0.1) is 0 Å². The molecule has 0 aromatic carbocycles. The third-order valence-electron chi connectivity index (χ3n) is 6.09. The van der Waals surface area contributed by atoms with E-state index in [4.69, 9.17) is 0 Å². The minimum atomic E-state index is 0.280. The van der Waals surface area contributed by atoms with Gasteiger partial charge in [0, 0.05) is 38.6 Å². The Bertz CT molecular complexity index is 474. The van der Waals surface area contributed by atoms with Gasteiger partial charge in [0.1, 0.15) is 0 Å². The molecule has 2 fully saturated rings. The Labute approximate surface area is 172 Å². The first-order chi connectivity index (χ1) is 13.6. The summed E-state index contributed by atoms with van der Waals surface area (Å²) >= 11 is 0. The molecule has 0 aromatic heterocycles. The first kappa shape index (κ1) is 23.0. The Morgan fingerprint density at radius 2 is 1.75 bits per heavy atom. The second-order valence-corrected chi connectivity index (χ2v) is 8.82. The van der Waals surface area contributed by atoms with Crippen LogP contribution >= 0.6 is 0 Å². The average molecular weight is 394 g/mol. The normalized spacial score (nSPS) is 21.4. The highest BCUT2D eigenvalue weighted by molar-refractivity contribution is 5.81. The van der Waals surface area contributed by atoms with Gasteiger partial charge in [0.15, 0.2) is 5.96 Å². The summed E-state index contributed by atoms with van der Waals surface area (Å²) in [5, 5.41) is 6.96. The molecule has 1 amide bonds. The molecule has 0 radical (unpaired) electrons. The summed E-state index contributed by atoms with van der Waals surface area (Å²) in [4.78, 5) is 21.4. The van der Waals surface area contributed by atoms with E-state index in [2.05, 4.69) is 39.5 Å². The van der Waals surface area contributed by atoms with Crippen molar-refractivity contribution < 1.29 is 4.79 Å². The Kier molecular flexibility index (Phi) is 10.7. The van der Waals surface area contributed by atoms with E-state index < -0.39 is 0 Å². The van der Waals surface area contributed by atoms with E-state index in [9.17, 15) is 4.79 Å². The fourth-order valence-corrected chi connectivity index (χ4v) is 4.36. The number of hydrogen-bond donors (Lipinski definition) is 2. The highest BCUT2D eigenvalue weighted by Gasteiger charge is 2.31. The maximum Gasteiger partial charge on any atom is 0.225 e. The molecule has 0 bridgehead atoms. The molecular formula is C22H43N5O. The molecule has 162 valence electrons. The monoisotopic (exact) mass is 393 g/mol. The van der Waals surface area contributed by atoms with Gasteiger partial charge in [-0.05, 0) is 52.7 Å². The minimum Gasteiger partial charge on any atom is -0.356 e. The predicted octanol–water partition coefficient (Wildman–Crippen LogP) is 2.84. The zero-order chi connectivity index (χ0) is 20.2. The number of carbonyl (C=O) groups is 1. The molecule has 0 aromatic rings. The first-order valence-electron chi connectivity index (χ1n) is 11.5. The second kappa shape index (κ2) is 13.0. The van der Waals surface area contributed by atoms with E-state index in [0.29, 0.717) is 11.9 Å². The molecule has 1 saturated heterocycles. The van der Waals surface area contributed by atoms with Gasteiger partial charge in [0.05, 0.1) is 0 Å². The Balaban J connectivity index is 1.57. The second-order valence-electron chi connectivity index (χ2n) is 8.82. The van der Waals surface area contributed by atoms with E-state index in [1.807, 2.05) is 7.05 Å². The van der Waals surface area contributed by atoms with Gasteiger partial charge in [0.25, 0.3) is 0 Å². The van der Waals surface area contributed by atoms with Crippen molar-refractivity contribution in [3.8, 4) is 0 Å². The van der Waals surface area contributed by atoms with E-state index in [1.54, 1.807) is 0 Å². The molecule has 2 aliphatic rings. The van der Waals surface area contributed by atoms with Crippen molar-refractivity contribution in [3.05, 3.63) is 0 Å². The van der Waals surface area contributed by atoms with Gasteiger partial charge in [-0.2, -0.15) is 0 Å². The number of amides is 1. The van der Waals surface area contributed by atoms with Gasteiger partial charge >= 0.3 is 0 Å². The van der Waals surface area contributed by atoms with Crippen LogP contribution in [0.3, 0.4) is 0 Å². The SMILES string of the molecule is CN=C(NCCCCCCCN(C)C)NC1CCN(C(=O)C2CCCCC2)C1. The number of likely N-dealkylation sites (tertiary alicyclic amines) is 1. The molecule has 1 aliphatic carbocycles. The number of carbonyl (C=O) groups excluding carboxylic acids is 1. The quantitative estimate of drug-likeness (QED) is 0.340. The highest BCUT2D eigenvalue weighted by Crippen LogP contribution is 2.26. The van der Waals surface area contributed by atoms with E-state index in [1.165, 1.54) is 57.9 Å². The lowest BCUT2D eigenvalue weighted by molar-refractivity contribution is -0.135. The number of nitrogens with one attached hydrogen (secondary N) is 2. The molecule has 2 N–H and O–H groups in total. The zero-order valence-corrected chi connectivity index (χ0v) is 18.5. The third-order valence-corrected chi connectivity index (χ3v) is 6.09. The minimum absolute atomic E-state index is 0.280. The van der Waals surface area contributed by atoms with Crippen molar-refractivity contribution in [2.75, 3.05) is 47.3 Å². The lowest BCUT2D eigenvalue weighted by Crippen LogP contribution is -2.45. The van der Waals surface area contributed by atoms with Crippen LogP contribution in [0.4, 0.5) is 0 Å². The maximum atomic E-state index is 12.7. The van der Waals surface area contributed by atoms with Crippen molar-refractivity contribution in [1.82, 2.24) is 20.4 Å². The summed E-state index contributed by atoms with van der Waals surface area (Å²) in [5.41, 5.74) is 0. The number of aliphatic imine (C=N–C) groups is 1. The molecule has 1 saturated carbocycles. The van der Waals surface area contributed by atoms with Crippen LogP contribution in [0.5, 0.6) is 0 Å². The van der Waals surface area contributed by atoms with Gasteiger partial charge < -0.3 is 20.4 Å². The fraction of sp³-hybridized carbons (Fsp3) is 0.909. The Morgan fingerprint density at radius 1 is 1.04 bits per heavy atom. The lowest BCUT2D eigenvalue weighted by atomic mass is 9.88. The third kappa shape index (κ3) is 8.38. The van der Waals surface area contributed by atoms with Crippen molar-refractivity contribution in [2.24, 2.45) is 10.9 Å². The molecule has 28 heavy (non-hydrogen) atoms. The number of guanidine groups is 1. The number of unbranched alkanes of at least 4 members (excludes halogenated alkanes) is 4. The van der Waals surface area contributed by atoms with Gasteiger partial charge in [-0.1, -0.05) is 38.5 Å². The summed E-state index contributed by atoms with van der Waals surface area (Å²) in [7, 11) is 6.10. The topological polar surface area (TPSA) is 60.0 Å². The van der Waals surface area contributed by atoms with E-state index in [-0.39, 0.29) is 5.92 Å².